The van der Waals surface area contributed by atoms with E-state index in [-0.39, 0.29) is 31.5 Å². The molecule has 0 bridgehead atoms. The zero-order chi connectivity index (χ0) is 17.9. The van der Waals surface area contributed by atoms with Crippen LogP contribution in [0.2, 0.25) is 0 Å². The van der Waals surface area contributed by atoms with Crippen LogP contribution in [0, 0.1) is 22.7 Å². The Hall–Kier alpha value is -2.57. The summed E-state index contributed by atoms with van der Waals surface area (Å²) in [4.78, 5) is 15.6. The van der Waals surface area contributed by atoms with Crippen LogP contribution in [0.4, 0.5) is 0 Å². The molecule has 0 N–H and O–H groups in total. The highest BCUT2D eigenvalue weighted by Crippen LogP contribution is 2.24. The molecular weight excluding hydrogens is 304 g/mol. The van der Waals surface area contributed by atoms with Gasteiger partial charge in [-0.25, -0.2) is 0 Å². The molecule has 0 aliphatic carbocycles. The fourth-order valence-corrected chi connectivity index (χ4v) is 2.54. The Morgan fingerprint density at radius 2 is 1.96 bits per heavy atom. The van der Waals surface area contributed by atoms with E-state index in [2.05, 4.69) is 11.8 Å². The van der Waals surface area contributed by atoms with E-state index in [9.17, 15) is 4.79 Å². The summed E-state index contributed by atoms with van der Waals surface area (Å²) in [5.41, 5.74) is 1.12. The van der Waals surface area contributed by atoms with Crippen molar-refractivity contribution in [1.82, 2.24) is 9.80 Å². The minimum Gasteiger partial charge on any atom is -0.497 e. The Morgan fingerprint density at radius 1 is 1.29 bits per heavy atom. The maximum Gasteiger partial charge on any atom is 0.225 e. The summed E-state index contributed by atoms with van der Waals surface area (Å²) in [5, 5.41) is 17.5. The van der Waals surface area contributed by atoms with E-state index in [0.717, 1.165) is 17.9 Å². The molecule has 0 saturated heterocycles. The normalized spacial score (nSPS) is 11.4. The summed E-state index contributed by atoms with van der Waals surface area (Å²) < 4.78 is 5.26. The molecule has 24 heavy (non-hydrogen) atoms. The fraction of sp³-hybridized carbons (Fsp3) is 0.500. The molecule has 1 atom stereocenters. The minimum atomic E-state index is -0.172. The van der Waals surface area contributed by atoms with Crippen molar-refractivity contribution in [3.05, 3.63) is 29.8 Å². The van der Waals surface area contributed by atoms with Gasteiger partial charge in [-0.2, -0.15) is 10.5 Å². The summed E-state index contributed by atoms with van der Waals surface area (Å²) in [6.07, 6.45) is 0.283. The first-order valence-electron chi connectivity index (χ1n) is 7.97. The van der Waals surface area contributed by atoms with Crippen molar-refractivity contribution in [2.24, 2.45) is 0 Å². The molecule has 0 radical (unpaired) electrons. The number of methoxy groups -OCH3 is 1. The number of amides is 1. The van der Waals surface area contributed by atoms with Gasteiger partial charge < -0.3 is 9.64 Å². The quantitative estimate of drug-likeness (QED) is 0.650. The topological polar surface area (TPSA) is 80.4 Å². The minimum absolute atomic E-state index is 0.0516. The van der Waals surface area contributed by atoms with Gasteiger partial charge >= 0.3 is 0 Å². The van der Waals surface area contributed by atoms with Crippen molar-refractivity contribution in [3.63, 3.8) is 0 Å². The number of rotatable bonds is 9. The number of hydrogen-bond donors (Lipinski definition) is 0. The van der Waals surface area contributed by atoms with Gasteiger partial charge in [-0.15, -0.1) is 0 Å². The van der Waals surface area contributed by atoms with Crippen molar-refractivity contribution < 1.29 is 9.53 Å². The van der Waals surface area contributed by atoms with Crippen LogP contribution in [0.25, 0.3) is 0 Å². The Labute approximate surface area is 143 Å². The average Bonchev–Trinajstić information content (AvgIpc) is 2.61. The number of benzene rings is 1. The van der Waals surface area contributed by atoms with Gasteiger partial charge in [0.15, 0.2) is 0 Å². The maximum atomic E-state index is 12.2. The summed E-state index contributed by atoms with van der Waals surface area (Å²) in [6.45, 7) is 5.39. The lowest BCUT2D eigenvalue weighted by Crippen LogP contribution is -2.36. The van der Waals surface area contributed by atoms with Gasteiger partial charge in [0.05, 0.1) is 19.2 Å². The number of carbonyl (C=O) groups excluding carboxylic acids is 1. The SMILES string of the molecule is CCN(CCC(=O)N(CC#N)CC#N)[C@@H](C)c1cccc(OC)c1. The van der Waals surface area contributed by atoms with Crippen molar-refractivity contribution in [2.75, 3.05) is 33.3 Å². The third kappa shape index (κ3) is 5.57. The first kappa shape index (κ1) is 19.5. The van der Waals surface area contributed by atoms with E-state index in [1.54, 1.807) is 7.11 Å². The van der Waals surface area contributed by atoms with Crippen LogP contribution in [0.15, 0.2) is 24.3 Å². The van der Waals surface area contributed by atoms with E-state index < -0.39 is 0 Å². The first-order chi connectivity index (χ1) is 11.6. The molecule has 128 valence electrons. The number of nitrogens with zero attached hydrogens (tertiary/aromatic N) is 4. The molecule has 0 spiro atoms. The van der Waals surface area contributed by atoms with Crippen LogP contribution in [0.1, 0.15) is 31.9 Å². The van der Waals surface area contributed by atoms with Crippen molar-refractivity contribution in [3.8, 4) is 17.9 Å². The zero-order valence-electron chi connectivity index (χ0n) is 14.5. The predicted molar refractivity (Wildman–Crippen MR) is 91.1 cm³/mol. The molecule has 1 aromatic rings. The summed E-state index contributed by atoms with van der Waals surface area (Å²) in [7, 11) is 1.64. The second-order valence-electron chi connectivity index (χ2n) is 5.40. The molecule has 0 unspecified atom stereocenters. The van der Waals surface area contributed by atoms with E-state index in [0.29, 0.717) is 6.54 Å². The van der Waals surface area contributed by atoms with Crippen LogP contribution in [-0.2, 0) is 4.79 Å². The molecule has 0 heterocycles. The van der Waals surface area contributed by atoms with Crippen molar-refractivity contribution in [1.29, 1.82) is 10.5 Å². The number of hydrogen-bond acceptors (Lipinski definition) is 5. The molecule has 0 saturated carbocycles. The van der Waals surface area contributed by atoms with E-state index >= 15 is 0 Å². The van der Waals surface area contributed by atoms with E-state index in [1.165, 1.54) is 4.90 Å². The van der Waals surface area contributed by atoms with E-state index in [4.69, 9.17) is 15.3 Å². The lowest BCUT2D eigenvalue weighted by atomic mass is 10.1. The van der Waals surface area contributed by atoms with Gasteiger partial charge in [-0.05, 0) is 31.2 Å². The second-order valence-corrected chi connectivity index (χ2v) is 5.40. The molecular formula is C18H24N4O2. The zero-order valence-corrected chi connectivity index (χ0v) is 14.5. The number of carbonyl (C=O) groups is 1. The molecule has 0 aromatic heterocycles. The smallest absolute Gasteiger partial charge is 0.225 e. The van der Waals surface area contributed by atoms with Crippen molar-refractivity contribution >= 4 is 5.91 Å². The number of ether oxygens (including phenoxy) is 1. The predicted octanol–water partition coefficient (Wildman–Crippen LogP) is 2.34. The molecule has 6 heteroatoms. The third-order valence-electron chi connectivity index (χ3n) is 4.02. The third-order valence-corrected chi connectivity index (χ3v) is 4.02. The van der Waals surface area contributed by atoms with Crippen LogP contribution >= 0.6 is 0 Å². The fourth-order valence-electron chi connectivity index (χ4n) is 2.54. The highest BCUT2D eigenvalue weighted by Gasteiger charge is 2.18. The van der Waals surface area contributed by atoms with Gasteiger partial charge in [0.1, 0.15) is 18.8 Å². The van der Waals surface area contributed by atoms with Gasteiger partial charge in [0.2, 0.25) is 5.91 Å². The first-order valence-corrected chi connectivity index (χ1v) is 7.97. The van der Waals surface area contributed by atoms with Gasteiger partial charge in [-0.3, -0.25) is 9.69 Å². The Balaban J connectivity index is 2.71. The van der Waals surface area contributed by atoms with Crippen LogP contribution < -0.4 is 4.74 Å². The molecule has 1 aromatic carbocycles. The molecule has 0 fully saturated rings. The van der Waals surface area contributed by atoms with Gasteiger partial charge in [0.25, 0.3) is 0 Å². The Morgan fingerprint density at radius 3 is 2.50 bits per heavy atom. The summed E-state index contributed by atoms with van der Waals surface area (Å²) in [5.74, 6) is 0.634. The highest BCUT2D eigenvalue weighted by molar-refractivity contribution is 5.76. The lowest BCUT2D eigenvalue weighted by Gasteiger charge is -2.29. The van der Waals surface area contributed by atoms with E-state index in [1.807, 2.05) is 43.3 Å². The lowest BCUT2D eigenvalue weighted by molar-refractivity contribution is -0.130. The second kappa shape index (κ2) is 10.3. The average molecular weight is 328 g/mol. The molecule has 0 aliphatic heterocycles. The summed E-state index contributed by atoms with van der Waals surface area (Å²) >= 11 is 0. The monoisotopic (exact) mass is 328 g/mol. The molecule has 1 amide bonds. The van der Waals surface area contributed by atoms with Gasteiger partial charge in [-0.1, -0.05) is 19.1 Å². The standard InChI is InChI=1S/C18H24N4O2/c1-4-21(11-8-18(23)22(12-9-19)13-10-20)15(2)16-6-5-7-17(14-16)24-3/h5-7,14-15H,4,8,11-13H2,1-3H3/t15-/m0/s1. The van der Waals surface area contributed by atoms with Crippen LogP contribution in [0.5, 0.6) is 5.75 Å². The van der Waals surface area contributed by atoms with Crippen molar-refractivity contribution in [2.45, 2.75) is 26.3 Å². The van der Waals surface area contributed by atoms with Crippen LogP contribution in [-0.4, -0.2) is 49.0 Å². The van der Waals surface area contributed by atoms with Crippen LogP contribution in [0.3, 0.4) is 0 Å². The maximum absolute atomic E-state index is 12.2. The molecule has 6 nitrogen and oxygen atoms in total. The Kier molecular flexibility index (Phi) is 8.32. The molecule has 1 rings (SSSR count). The highest BCUT2D eigenvalue weighted by atomic mass is 16.5. The number of nitriles is 2. The largest absolute Gasteiger partial charge is 0.497 e. The van der Waals surface area contributed by atoms with Gasteiger partial charge in [0, 0.05) is 19.0 Å². The molecule has 0 aliphatic rings. The Bertz CT molecular complexity index is 602. The summed E-state index contributed by atoms with van der Waals surface area (Å²) in [6, 6.07) is 11.9.